The van der Waals surface area contributed by atoms with Crippen molar-refractivity contribution in [3.63, 3.8) is 0 Å². The number of nitrogens with zero attached hydrogens (tertiary/aromatic N) is 2. The lowest BCUT2D eigenvalue weighted by molar-refractivity contribution is 0.0461. The largest absolute Gasteiger partial charge is 0.462 e. The summed E-state index contributed by atoms with van der Waals surface area (Å²) in [6.45, 7) is 7.33. The predicted octanol–water partition coefficient (Wildman–Crippen LogP) is 2.24. The fourth-order valence-electron chi connectivity index (χ4n) is 2.79. The third kappa shape index (κ3) is 4.10. The van der Waals surface area contributed by atoms with Crippen LogP contribution < -0.4 is 5.56 Å². The van der Waals surface area contributed by atoms with Gasteiger partial charge in [-0.2, -0.15) is 0 Å². The molecule has 0 spiro atoms. The lowest BCUT2D eigenvalue weighted by atomic mass is 10.0. The molecule has 0 saturated heterocycles. The van der Waals surface area contributed by atoms with Crippen LogP contribution in [0.15, 0.2) is 27.8 Å². The normalized spacial score (nSPS) is 13.2. The van der Waals surface area contributed by atoms with Crippen molar-refractivity contribution < 1.29 is 19.2 Å². The molecule has 3 heterocycles. The first-order chi connectivity index (χ1) is 13.6. The number of esters is 1. The zero-order chi connectivity index (χ0) is 21.3. The fraction of sp³-hybridized carbons (Fsp3) is 0.381. The molecule has 0 amide bonds. The van der Waals surface area contributed by atoms with Gasteiger partial charge in [-0.3, -0.25) is 4.79 Å². The van der Waals surface area contributed by atoms with E-state index in [1.165, 1.54) is 23.9 Å². The van der Waals surface area contributed by atoms with Gasteiger partial charge in [0.2, 0.25) is 0 Å². The van der Waals surface area contributed by atoms with Crippen LogP contribution in [0.1, 0.15) is 48.1 Å². The molecule has 3 rings (SSSR count). The zero-order valence-corrected chi connectivity index (χ0v) is 17.0. The smallest absolute Gasteiger partial charge is 0.340 e. The number of nitrogens with one attached hydrogen (secondary N) is 1. The summed E-state index contributed by atoms with van der Waals surface area (Å²) in [5, 5.41) is 14.8. The van der Waals surface area contributed by atoms with Crippen molar-refractivity contribution in [2.24, 2.45) is 13.0 Å². The number of H-pyrrole nitrogens is 1. The maximum atomic E-state index is 12.5. The highest BCUT2D eigenvalue weighted by Crippen LogP contribution is 2.23. The number of carbonyl (C=O) groups excluding carboxylic acids is 1. The quantitative estimate of drug-likeness (QED) is 0.516. The van der Waals surface area contributed by atoms with Crippen LogP contribution in [0.2, 0.25) is 0 Å². The van der Waals surface area contributed by atoms with Gasteiger partial charge in [0.25, 0.3) is 5.56 Å². The first-order valence-corrected chi connectivity index (χ1v) is 9.17. The van der Waals surface area contributed by atoms with E-state index in [1.54, 1.807) is 20.0 Å². The predicted molar refractivity (Wildman–Crippen MR) is 106 cm³/mol. The SMILES string of the molecule is Cc1cc([C@](C)(O)C#Cc2cn(C)c(=O)c3[nH]cc(C(=O)OCC(C)C)c23)no1. The number of pyridine rings is 1. The molecule has 0 aliphatic heterocycles. The van der Waals surface area contributed by atoms with E-state index in [0.717, 1.165) is 0 Å². The molecule has 0 aliphatic carbocycles. The number of ether oxygens (including phenoxy) is 1. The molecule has 0 radical (unpaired) electrons. The van der Waals surface area contributed by atoms with Crippen LogP contribution in [-0.2, 0) is 17.4 Å². The summed E-state index contributed by atoms with van der Waals surface area (Å²) in [6, 6.07) is 1.59. The van der Waals surface area contributed by atoms with Crippen molar-refractivity contribution >= 4 is 16.9 Å². The summed E-state index contributed by atoms with van der Waals surface area (Å²) in [4.78, 5) is 27.8. The molecule has 3 aromatic heterocycles. The number of aliphatic hydroxyl groups is 1. The highest BCUT2D eigenvalue weighted by Gasteiger charge is 2.25. The molecular formula is C21H23N3O5. The van der Waals surface area contributed by atoms with E-state index < -0.39 is 11.6 Å². The minimum Gasteiger partial charge on any atom is -0.462 e. The summed E-state index contributed by atoms with van der Waals surface area (Å²) < 4.78 is 11.7. The minimum absolute atomic E-state index is 0.178. The number of carbonyl (C=O) groups is 1. The van der Waals surface area contributed by atoms with Gasteiger partial charge in [-0.25, -0.2) is 4.79 Å². The molecule has 0 saturated carbocycles. The topological polar surface area (TPSA) is 110 Å². The number of hydrogen-bond donors (Lipinski definition) is 2. The number of aromatic nitrogens is 3. The number of aromatic amines is 1. The Labute approximate surface area is 167 Å². The molecule has 152 valence electrons. The second-order valence-corrected chi connectivity index (χ2v) is 7.55. The molecule has 0 aromatic carbocycles. The van der Waals surface area contributed by atoms with Crippen molar-refractivity contribution in [1.82, 2.24) is 14.7 Å². The first kappa shape index (κ1) is 20.4. The molecule has 29 heavy (non-hydrogen) atoms. The molecule has 0 bridgehead atoms. The van der Waals surface area contributed by atoms with Gasteiger partial charge in [-0.15, -0.1) is 0 Å². The second kappa shape index (κ2) is 7.60. The lowest BCUT2D eigenvalue weighted by Crippen LogP contribution is -2.20. The van der Waals surface area contributed by atoms with Crippen LogP contribution in [0.25, 0.3) is 10.9 Å². The summed E-state index contributed by atoms with van der Waals surface area (Å²) in [6.07, 6.45) is 2.97. The Morgan fingerprint density at radius 1 is 1.48 bits per heavy atom. The van der Waals surface area contributed by atoms with Crippen LogP contribution in [0, 0.1) is 24.7 Å². The van der Waals surface area contributed by atoms with E-state index in [2.05, 4.69) is 22.0 Å². The van der Waals surface area contributed by atoms with Gasteiger partial charge in [0.1, 0.15) is 17.0 Å². The molecule has 0 unspecified atom stereocenters. The summed E-state index contributed by atoms with van der Waals surface area (Å²) >= 11 is 0. The molecular weight excluding hydrogens is 374 g/mol. The van der Waals surface area contributed by atoms with E-state index in [4.69, 9.17) is 9.26 Å². The highest BCUT2D eigenvalue weighted by molar-refractivity contribution is 6.06. The van der Waals surface area contributed by atoms with E-state index in [-0.39, 0.29) is 34.9 Å². The fourth-order valence-corrected chi connectivity index (χ4v) is 2.79. The number of aryl methyl sites for hydroxylation is 2. The van der Waals surface area contributed by atoms with Crippen molar-refractivity contribution in [2.75, 3.05) is 6.61 Å². The summed E-state index contributed by atoms with van der Waals surface area (Å²) in [7, 11) is 1.59. The number of rotatable bonds is 4. The Morgan fingerprint density at radius 2 is 2.21 bits per heavy atom. The molecule has 8 heteroatoms. The molecule has 1 atom stereocenters. The van der Waals surface area contributed by atoms with Crippen LogP contribution in [0.5, 0.6) is 0 Å². The average Bonchev–Trinajstić information content (AvgIpc) is 3.29. The maximum Gasteiger partial charge on any atom is 0.340 e. The number of hydrogen-bond acceptors (Lipinski definition) is 6. The Morgan fingerprint density at radius 3 is 2.83 bits per heavy atom. The lowest BCUT2D eigenvalue weighted by Gasteiger charge is -2.12. The second-order valence-electron chi connectivity index (χ2n) is 7.55. The van der Waals surface area contributed by atoms with Gasteiger partial charge in [0.15, 0.2) is 5.60 Å². The Kier molecular flexibility index (Phi) is 5.36. The monoisotopic (exact) mass is 397 g/mol. The maximum absolute atomic E-state index is 12.5. The Bertz CT molecular complexity index is 1180. The Balaban J connectivity index is 2.11. The average molecular weight is 397 g/mol. The van der Waals surface area contributed by atoms with Crippen molar-refractivity contribution in [2.45, 2.75) is 33.3 Å². The van der Waals surface area contributed by atoms with E-state index in [1.807, 2.05) is 13.8 Å². The van der Waals surface area contributed by atoms with Crippen molar-refractivity contribution in [3.8, 4) is 11.8 Å². The van der Waals surface area contributed by atoms with E-state index in [9.17, 15) is 14.7 Å². The van der Waals surface area contributed by atoms with Crippen molar-refractivity contribution in [1.29, 1.82) is 0 Å². The highest BCUT2D eigenvalue weighted by atomic mass is 16.5. The summed E-state index contributed by atoms with van der Waals surface area (Å²) in [5.74, 6) is 5.82. The molecule has 8 nitrogen and oxygen atoms in total. The zero-order valence-electron chi connectivity index (χ0n) is 17.0. The molecule has 3 aromatic rings. The standard InChI is InChI=1S/C21H23N3O5/c1-12(2)11-28-20(26)15-9-22-18-17(15)14(10-24(5)19(18)25)6-7-21(4,27)16-8-13(3)29-23-16/h8-10,12,22,27H,11H2,1-5H3/t21-/m1/s1. The Hall–Kier alpha value is -3.31. The van der Waals surface area contributed by atoms with Gasteiger partial charge in [-0.1, -0.05) is 30.8 Å². The van der Waals surface area contributed by atoms with Gasteiger partial charge >= 0.3 is 5.97 Å². The number of fused-ring (bicyclic) bond motifs is 1. The van der Waals surface area contributed by atoms with Crippen molar-refractivity contribution in [3.05, 3.63) is 51.4 Å². The van der Waals surface area contributed by atoms with Gasteiger partial charge in [-0.05, 0) is 19.8 Å². The molecule has 0 aliphatic rings. The molecule has 0 fully saturated rings. The third-order valence-corrected chi connectivity index (χ3v) is 4.34. The van der Waals surface area contributed by atoms with Crippen LogP contribution in [0.4, 0.5) is 0 Å². The van der Waals surface area contributed by atoms with Crippen LogP contribution in [0.3, 0.4) is 0 Å². The van der Waals surface area contributed by atoms with E-state index in [0.29, 0.717) is 16.7 Å². The van der Waals surface area contributed by atoms with E-state index >= 15 is 0 Å². The third-order valence-electron chi connectivity index (χ3n) is 4.34. The van der Waals surface area contributed by atoms with Gasteiger partial charge in [0.05, 0.1) is 17.7 Å². The molecule has 2 N–H and O–H groups in total. The van der Waals surface area contributed by atoms with Gasteiger partial charge in [0, 0.05) is 30.9 Å². The van der Waals surface area contributed by atoms with Gasteiger partial charge < -0.3 is 23.9 Å². The van der Waals surface area contributed by atoms with Crippen LogP contribution in [-0.4, -0.2) is 32.4 Å². The first-order valence-electron chi connectivity index (χ1n) is 9.17. The summed E-state index contributed by atoms with van der Waals surface area (Å²) in [5.41, 5.74) is -0.734. The minimum atomic E-state index is -1.58. The van der Waals surface area contributed by atoms with Crippen LogP contribution >= 0.6 is 0 Å².